The number of carbonyl (C=O) groups excluding carboxylic acids is 1. The summed E-state index contributed by atoms with van der Waals surface area (Å²) in [5.41, 5.74) is 0. The number of Topliss-reactive ketones (excluding diaryl/α,β-unsaturated/α-hetero) is 1. The van der Waals surface area contributed by atoms with Crippen LogP contribution in [0.15, 0.2) is 0 Å². The van der Waals surface area contributed by atoms with E-state index in [2.05, 4.69) is 0 Å². The van der Waals surface area contributed by atoms with Gasteiger partial charge in [-0.05, 0) is 20.3 Å². The molecule has 0 aromatic carbocycles. The molecule has 1 aliphatic carbocycles. The first-order valence-corrected chi connectivity index (χ1v) is 4.48. The molecule has 0 heterocycles. The quantitative estimate of drug-likeness (QED) is 0.670. The summed E-state index contributed by atoms with van der Waals surface area (Å²) in [4.78, 5) is 10.7. The molecule has 0 amide bonds. The second kappa shape index (κ2) is 3.70. The predicted octanol–water partition coefficient (Wildman–Crippen LogP) is 2.17. The van der Waals surface area contributed by atoms with Crippen molar-refractivity contribution in [2.24, 2.45) is 0 Å². The van der Waals surface area contributed by atoms with Gasteiger partial charge in [0.1, 0.15) is 0 Å². The van der Waals surface area contributed by atoms with Crippen molar-refractivity contribution in [2.45, 2.75) is 51.2 Å². The van der Waals surface area contributed by atoms with Gasteiger partial charge in [0.05, 0.1) is 12.2 Å². The number of ketones is 1. The van der Waals surface area contributed by atoms with Crippen LogP contribution in [0.5, 0.6) is 0 Å². The first kappa shape index (κ1) is 10.6. The molecule has 0 radical (unpaired) electrons. The van der Waals surface area contributed by atoms with Crippen LogP contribution in [-0.4, -0.2) is 23.9 Å². The fraction of sp³-hybridized carbons (Fsp3) is 0.889. The van der Waals surface area contributed by atoms with Crippen LogP contribution in [0, 0.1) is 0 Å². The Bertz CT molecular complexity index is 202. The molecule has 1 saturated carbocycles. The smallest absolute Gasteiger partial charge is 0.307 e. The van der Waals surface area contributed by atoms with Gasteiger partial charge in [0.2, 0.25) is 5.78 Å². The average Bonchev–Trinajstić information content (AvgIpc) is 1.95. The summed E-state index contributed by atoms with van der Waals surface area (Å²) in [6.45, 7) is 3.60. The molecule has 0 saturated heterocycles. The van der Waals surface area contributed by atoms with E-state index >= 15 is 0 Å². The van der Waals surface area contributed by atoms with Crippen molar-refractivity contribution in [3.8, 4) is 0 Å². The Hall–Kier alpha value is -0.510. The lowest BCUT2D eigenvalue weighted by atomic mass is 9.93. The first-order valence-electron chi connectivity index (χ1n) is 4.48. The van der Waals surface area contributed by atoms with Crippen molar-refractivity contribution in [2.75, 3.05) is 0 Å². The zero-order valence-electron chi connectivity index (χ0n) is 7.85. The summed E-state index contributed by atoms with van der Waals surface area (Å²) in [5.74, 6) is -4.12. The minimum absolute atomic E-state index is 0.0611. The van der Waals surface area contributed by atoms with E-state index in [1.165, 1.54) is 0 Å². The fourth-order valence-electron chi connectivity index (χ4n) is 1.48. The molecule has 0 aromatic heterocycles. The number of alkyl halides is 2. The van der Waals surface area contributed by atoms with Crippen molar-refractivity contribution in [3.05, 3.63) is 0 Å². The SMILES string of the molecule is CC(C)OC1CCC(=O)C(F)(F)C1. The molecule has 13 heavy (non-hydrogen) atoms. The maximum absolute atomic E-state index is 12.9. The molecule has 2 nitrogen and oxygen atoms in total. The Balaban J connectivity index is 2.51. The second-order valence-corrected chi connectivity index (χ2v) is 3.68. The van der Waals surface area contributed by atoms with Crippen LogP contribution in [0.3, 0.4) is 0 Å². The number of ether oxygens (including phenoxy) is 1. The van der Waals surface area contributed by atoms with Crippen LogP contribution in [0.2, 0.25) is 0 Å². The van der Waals surface area contributed by atoms with E-state index in [1.54, 1.807) is 13.8 Å². The van der Waals surface area contributed by atoms with Crippen LogP contribution in [0.25, 0.3) is 0 Å². The van der Waals surface area contributed by atoms with Crippen molar-refractivity contribution in [3.63, 3.8) is 0 Å². The van der Waals surface area contributed by atoms with Gasteiger partial charge >= 0.3 is 5.92 Å². The molecule has 0 aromatic rings. The van der Waals surface area contributed by atoms with E-state index < -0.39 is 24.2 Å². The van der Waals surface area contributed by atoms with Gasteiger partial charge in [-0.1, -0.05) is 0 Å². The van der Waals surface area contributed by atoms with Gasteiger partial charge in [0.25, 0.3) is 0 Å². The summed E-state index contributed by atoms with van der Waals surface area (Å²) in [6, 6.07) is 0. The zero-order chi connectivity index (χ0) is 10.1. The van der Waals surface area contributed by atoms with Gasteiger partial charge in [-0.3, -0.25) is 4.79 Å². The Morgan fingerprint density at radius 1 is 1.54 bits per heavy atom. The van der Waals surface area contributed by atoms with Gasteiger partial charge in [-0.15, -0.1) is 0 Å². The molecule has 76 valence electrons. The largest absolute Gasteiger partial charge is 0.375 e. The van der Waals surface area contributed by atoms with Gasteiger partial charge in [0.15, 0.2) is 0 Å². The summed E-state index contributed by atoms with van der Waals surface area (Å²) >= 11 is 0. The molecule has 0 spiro atoms. The zero-order valence-corrected chi connectivity index (χ0v) is 7.85. The van der Waals surface area contributed by atoms with E-state index in [9.17, 15) is 13.6 Å². The number of hydrogen-bond donors (Lipinski definition) is 0. The Morgan fingerprint density at radius 2 is 2.15 bits per heavy atom. The maximum atomic E-state index is 12.9. The van der Waals surface area contributed by atoms with Crippen LogP contribution in [0.4, 0.5) is 8.78 Å². The molecule has 0 bridgehead atoms. The van der Waals surface area contributed by atoms with Crippen LogP contribution in [0.1, 0.15) is 33.1 Å². The van der Waals surface area contributed by atoms with Crippen LogP contribution < -0.4 is 0 Å². The molecular weight excluding hydrogens is 178 g/mol. The Kier molecular flexibility index (Phi) is 3.01. The van der Waals surface area contributed by atoms with Crippen molar-refractivity contribution in [1.82, 2.24) is 0 Å². The van der Waals surface area contributed by atoms with E-state index in [-0.39, 0.29) is 12.5 Å². The topological polar surface area (TPSA) is 26.3 Å². The number of carbonyl (C=O) groups is 1. The summed E-state index contributed by atoms with van der Waals surface area (Å²) in [6.07, 6.45) is -0.622. The third-order valence-corrected chi connectivity index (χ3v) is 2.05. The van der Waals surface area contributed by atoms with Gasteiger partial charge < -0.3 is 4.74 Å². The van der Waals surface area contributed by atoms with Gasteiger partial charge in [-0.25, -0.2) is 0 Å². The minimum atomic E-state index is -3.17. The molecule has 0 N–H and O–H groups in total. The summed E-state index contributed by atoms with van der Waals surface area (Å²) in [7, 11) is 0. The molecule has 4 heteroatoms. The third kappa shape index (κ3) is 2.72. The highest BCUT2D eigenvalue weighted by Crippen LogP contribution is 2.32. The van der Waals surface area contributed by atoms with E-state index in [1.807, 2.05) is 0 Å². The summed E-state index contributed by atoms with van der Waals surface area (Å²) in [5, 5.41) is 0. The molecular formula is C9H14F2O2. The van der Waals surface area contributed by atoms with E-state index in [4.69, 9.17) is 4.74 Å². The number of halogens is 2. The molecule has 1 rings (SSSR count). The Morgan fingerprint density at radius 3 is 2.62 bits per heavy atom. The standard InChI is InChI=1S/C9H14F2O2/c1-6(2)13-7-3-4-8(12)9(10,11)5-7/h6-7H,3-5H2,1-2H3. The van der Waals surface area contributed by atoms with Gasteiger partial charge in [-0.2, -0.15) is 8.78 Å². The normalized spacial score (nSPS) is 28.1. The maximum Gasteiger partial charge on any atom is 0.307 e. The first-order chi connectivity index (χ1) is 5.92. The predicted molar refractivity (Wildman–Crippen MR) is 43.8 cm³/mol. The second-order valence-electron chi connectivity index (χ2n) is 3.68. The van der Waals surface area contributed by atoms with Crippen molar-refractivity contribution < 1.29 is 18.3 Å². The highest BCUT2D eigenvalue weighted by Gasteiger charge is 2.44. The molecule has 1 unspecified atom stereocenters. The van der Waals surface area contributed by atoms with Crippen molar-refractivity contribution in [1.29, 1.82) is 0 Å². The fourth-order valence-corrected chi connectivity index (χ4v) is 1.48. The molecule has 1 aliphatic rings. The minimum Gasteiger partial charge on any atom is -0.375 e. The lowest BCUT2D eigenvalue weighted by molar-refractivity contribution is -0.158. The lowest BCUT2D eigenvalue weighted by Crippen LogP contribution is -2.40. The molecule has 1 fully saturated rings. The lowest BCUT2D eigenvalue weighted by Gasteiger charge is -2.28. The average molecular weight is 192 g/mol. The number of hydrogen-bond acceptors (Lipinski definition) is 2. The highest BCUT2D eigenvalue weighted by atomic mass is 19.3. The van der Waals surface area contributed by atoms with Gasteiger partial charge in [0, 0.05) is 12.8 Å². The third-order valence-electron chi connectivity index (χ3n) is 2.05. The van der Waals surface area contributed by atoms with E-state index in [0.29, 0.717) is 6.42 Å². The molecule has 0 aliphatic heterocycles. The monoisotopic (exact) mass is 192 g/mol. The van der Waals surface area contributed by atoms with E-state index in [0.717, 1.165) is 0 Å². The van der Waals surface area contributed by atoms with Crippen LogP contribution >= 0.6 is 0 Å². The van der Waals surface area contributed by atoms with Crippen LogP contribution in [-0.2, 0) is 9.53 Å². The Labute approximate surface area is 76.3 Å². The molecule has 1 atom stereocenters. The summed E-state index contributed by atoms with van der Waals surface area (Å²) < 4.78 is 31.0. The van der Waals surface area contributed by atoms with Crippen molar-refractivity contribution >= 4 is 5.78 Å². The highest BCUT2D eigenvalue weighted by molar-refractivity contribution is 5.86. The number of rotatable bonds is 2.